The number of nitrogens with zero attached hydrogens (tertiary/aromatic N) is 1. The molecule has 4 fully saturated rings. The molecule has 0 saturated heterocycles. The van der Waals surface area contributed by atoms with Gasteiger partial charge in [-0.25, -0.2) is 8.42 Å². The van der Waals surface area contributed by atoms with E-state index in [0.717, 1.165) is 24.2 Å². The molecule has 1 N–H and O–H groups in total. The normalized spacial score (nSPS) is 29.5. The first-order valence-corrected chi connectivity index (χ1v) is 13.9. The molecule has 1 aromatic rings. The standard InChI is InChI=1S/C23H32Cl2N2O3S/c24-6-9-27(10-7-25)31(29,30)21-3-1-20(2-4-21)22(28)26-8-5-23-14-17-11-18(15-23)13-19(12-17)16-23/h1-4,17-19H,5-16H2,(H,26,28). The zero-order valence-corrected chi connectivity index (χ0v) is 20.2. The topological polar surface area (TPSA) is 66.5 Å². The lowest BCUT2D eigenvalue weighted by Crippen LogP contribution is -2.47. The first-order valence-electron chi connectivity index (χ1n) is 11.4. The average Bonchev–Trinajstić information content (AvgIpc) is 2.72. The molecule has 4 aliphatic rings. The van der Waals surface area contributed by atoms with Crippen molar-refractivity contribution < 1.29 is 13.2 Å². The summed E-state index contributed by atoms with van der Waals surface area (Å²) in [4.78, 5) is 12.8. The van der Waals surface area contributed by atoms with E-state index in [1.54, 1.807) is 12.1 Å². The van der Waals surface area contributed by atoms with Gasteiger partial charge in [-0.1, -0.05) is 0 Å². The van der Waals surface area contributed by atoms with E-state index in [4.69, 9.17) is 23.2 Å². The highest BCUT2D eigenvalue weighted by Gasteiger charge is 2.50. The summed E-state index contributed by atoms with van der Waals surface area (Å²) in [7, 11) is -3.68. The van der Waals surface area contributed by atoms with Gasteiger partial charge in [-0.3, -0.25) is 4.79 Å². The summed E-state index contributed by atoms with van der Waals surface area (Å²) >= 11 is 11.5. The van der Waals surface area contributed by atoms with Crippen LogP contribution in [0.4, 0.5) is 0 Å². The maximum Gasteiger partial charge on any atom is 0.251 e. The molecule has 5 nitrogen and oxygen atoms in total. The van der Waals surface area contributed by atoms with E-state index in [0.29, 0.717) is 17.5 Å². The number of halogens is 2. The van der Waals surface area contributed by atoms with Crippen molar-refractivity contribution in [1.29, 1.82) is 0 Å². The van der Waals surface area contributed by atoms with Gasteiger partial charge < -0.3 is 5.32 Å². The van der Waals surface area contributed by atoms with Crippen molar-refractivity contribution in [3.8, 4) is 0 Å². The lowest BCUT2D eigenvalue weighted by Gasteiger charge is -2.57. The molecule has 0 spiro atoms. The number of benzene rings is 1. The van der Waals surface area contributed by atoms with Gasteiger partial charge in [0.2, 0.25) is 10.0 Å². The van der Waals surface area contributed by atoms with Gasteiger partial charge in [0.1, 0.15) is 0 Å². The molecule has 31 heavy (non-hydrogen) atoms. The summed E-state index contributed by atoms with van der Waals surface area (Å²) in [5, 5.41) is 3.06. The van der Waals surface area contributed by atoms with Crippen molar-refractivity contribution in [2.24, 2.45) is 23.2 Å². The minimum Gasteiger partial charge on any atom is -0.352 e. The molecular weight excluding hydrogens is 455 g/mol. The van der Waals surface area contributed by atoms with Gasteiger partial charge >= 0.3 is 0 Å². The van der Waals surface area contributed by atoms with Crippen molar-refractivity contribution >= 4 is 39.1 Å². The number of alkyl halides is 2. The molecule has 0 aromatic heterocycles. The van der Waals surface area contributed by atoms with Crippen molar-refractivity contribution in [2.75, 3.05) is 31.4 Å². The van der Waals surface area contributed by atoms with Gasteiger partial charge in [0, 0.05) is 37.0 Å². The molecule has 4 aliphatic carbocycles. The van der Waals surface area contributed by atoms with Crippen LogP contribution in [0.2, 0.25) is 0 Å². The van der Waals surface area contributed by atoms with Crippen LogP contribution in [-0.2, 0) is 10.0 Å². The summed E-state index contributed by atoms with van der Waals surface area (Å²) in [5.41, 5.74) is 0.916. The van der Waals surface area contributed by atoms with E-state index < -0.39 is 10.0 Å². The predicted molar refractivity (Wildman–Crippen MR) is 124 cm³/mol. The first kappa shape index (κ1) is 23.3. The Morgan fingerprint density at radius 2 is 1.48 bits per heavy atom. The molecule has 4 saturated carbocycles. The van der Waals surface area contributed by atoms with Crippen LogP contribution < -0.4 is 5.32 Å². The SMILES string of the molecule is O=C(NCCC12CC3CC(CC(C3)C1)C2)c1ccc(S(=O)(=O)N(CCCl)CCCl)cc1. The van der Waals surface area contributed by atoms with Crippen LogP contribution in [0.3, 0.4) is 0 Å². The minimum atomic E-state index is -3.68. The number of hydrogen-bond acceptors (Lipinski definition) is 3. The average molecular weight is 487 g/mol. The summed E-state index contributed by atoms with van der Waals surface area (Å²) in [5.74, 6) is 2.98. The highest BCUT2D eigenvalue weighted by Crippen LogP contribution is 2.61. The fourth-order valence-corrected chi connectivity index (χ4v) is 8.66. The first-order chi connectivity index (χ1) is 14.8. The molecule has 0 aliphatic heterocycles. The van der Waals surface area contributed by atoms with E-state index in [2.05, 4.69) is 5.32 Å². The van der Waals surface area contributed by atoms with Crippen LogP contribution in [0.15, 0.2) is 29.2 Å². The molecule has 1 aromatic carbocycles. The Kier molecular flexibility index (Phi) is 7.21. The number of rotatable bonds is 10. The van der Waals surface area contributed by atoms with Crippen LogP contribution in [-0.4, -0.2) is 50.0 Å². The molecule has 5 rings (SSSR count). The monoisotopic (exact) mass is 486 g/mol. The highest BCUT2D eigenvalue weighted by molar-refractivity contribution is 7.89. The summed E-state index contributed by atoms with van der Waals surface area (Å²) in [6.07, 6.45) is 9.34. The lowest BCUT2D eigenvalue weighted by molar-refractivity contribution is -0.0564. The van der Waals surface area contributed by atoms with E-state index in [-0.39, 0.29) is 35.7 Å². The Morgan fingerprint density at radius 3 is 1.97 bits per heavy atom. The third-order valence-electron chi connectivity index (χ3n) is 7.53. The molecular formula is C23H32Cl2N2O3S. The molecule has 4 bridgehead atoms. The van der Waals surface area contributed by atoms with Gasteiger partial charge in [-0.2, -0.15) is 4.31 Å². The van der Waals surface area contributed by atoms with Crippen LogP contribution in [0, 0.1) is 23.2 Å². The van der Waals surface area contributed by atoms with E-state index >= 15 is 0 Å². The molecule has 0 radical (unpaired) electrons. The maximum atomic E-state index is 12.8. The van der Waals surface area contributed by atoms with Crippen molar-refractivity contribution in [2.45, 2.75) is 49.8 Å². The molecule has 0 unspecified atom stereocenters. The van der Waals surface area contributed by atoms with Gasteiger partial charge in [-0.05, 0) is 92.4 Å². The third-order valence-corrected chi connectivity index (χ3v) is 9.78. The fraction of sp³-hybridized carbons (Fsp3) is 0.696. The summed E-state index contributed by atoms with van der Waals surface area (Å²) in [6, 6.07) is 6.12. The summed E-state index contributed by atoms with van der Waals surface area (Å²) < 4.78 is 26.8. The molecule has 0 atom stereocenters. The van der Waals surface area contributed by atoms with Gasteiger partial charge in [-0.15, -0.1) is 23.2 Å². The second-order valence-electron chi connectivity index (χ2n) is 9.73. The van der Waals surface area contributed by atoms with Crippen LogP contribution >= 0.6 is 23.2 Å². The van der Waals surface area contributed by atoms with Gasteiger partial charge in [0.05, 0.1) is 4.90 Å². The maximum absolute atomic E-state index is 12.8. The van der Waals surface area contributed by atoms with E-state index in [1.165, 1.54) is 55.0 Å². The van der Waals surface area contributed by atoms with E-state index in [1.807, 2.05) is 0 Å². The third kappa shape index (κ3) is 5.07. The number of carbonyl (C=O) groups excluding carboxylic acids is 1. The Balaban J connectivity index is 1.33. The summed E-state index contributed by atoms with van der Waals surface area (Å²) in [6.45, 7) is 1.08. The quantitative estimate of drug-likeness (QED) is 0.495. The Morgan fingerprint density at radius 1 is 0.968 bits per heavy atom. The number of nitrogens with one attached hydrogen (secondary N) is 1. The van der Waals surface area contributed by atoms with Crippen LogP contribution in [0.25, 0.3) is 0 Å². The Hall–Kier alpha value is -0.820. The van der Waals surface area contributed by atoms with E-state index in [9.17, 15) is 13.2 Å². The number of carbonyl (C=O) groups is 1. The molecule has 0 heterocycles. The van der Waals surface area contributed by atoms with Gasteiger partial charge in [0.15, 0.2) is 0 Å². The predicted octanol–water partition coefficient (Wildman–Crippen LogP) is 4.49. The minimum absolute atomic E-state index is 0.146. The van der Waals surface area contributed by atoms with Crippen molar-refractivity contribution in [3.63, 3.8) is 0 Å². The highest BCUT2D eigenvalue weighted by atomic mass is 35.5. The Bertz CT molecular complexity index is 847. The van der Waals surface area contributed by atoms with Crippen molar-refractivity contribution in [1.82, 2.24) is 9.62 Å². The molecule has 172 valence electrons. The second kappa shape index (κ2) is 9.58. The fourth-order valence-electron chi connectivity index (χ4n) is 6.61. The number of amides is 1. The molecule has 8 heteroatoms. The smallest absolute Gasteiger partial charge is 0.251 e. The van der Waals surface area contributed by atoms with Gasteiger partial charge in [0.25, 0.3) is 5.91 Å². The van der Waals surface area contributed by atoms with Crippen LogP contribution in [0.1, 0.15) is 55.3 Å². The number of hydrogen-bond donors (Lipinski definition) is 1. The largest absolute Gasteiger partial charge is 0.352 e. The van der Waals surface area contributed by atoms with Crippen LogP contribution in [0.5, 0.6) is 0 Å². The zero-order chi connectivity index (χ0) is 22.1. The zero-order valence-electron chi connectivity index (χ0n) is 17.9. The Labute approximate surface area is 195 Å². The van der Waals surface area contributed by atoms with Crippen molar-refractivity contribution in [3.05, 3.63) is 29.8 Å². The number of sulfonamides is 1. The molecule has 1 amide bonds. The second-order valence-corrected chi connectivity index (χ2v) is 12.4. The lowest BCUT2D eigenvalue weighted by atomic mass is 9.49.